The van der Waals surface area contributed by atoms with Gasteiger partial charge in [0.15, 0.2) is 0 Å². The third-order valence-electron chi connectivity index (χ3n) is 4.65. The lowest BCUT2D eigenvalue weighted by atomic mass is 10.1. The van der Waals surface area contributed by atoms with Crippen LogP contribution in [0.25, 0.3) is 28.7 Å². The van der Waals surface area contributed by atoms with Gasteiger partial charge in [0.2, 0.25) is 0 Å². The molecular weight excluding hydrogens is 346 g/mol. The number of hydrogen-bond acceptors (Lipinski definition) is 3. The van der Waals surface area contributed by atoms with E-state index < -0.39 is 0 Å². The number of nitrogens with zero attached hydrogens (tertiary/aromatic N) is 3. The molecule has 138 valence electrons. The standard InChI is InChI=1S/C24H21N3O/c1-26(2)19-15-12-18(13-16-19)14-17-23-25-22-11-7-6-10-21(22)24(28)27(23)20-8-4-3-5-9-20/h3-17H,1-2H3. The van der Waals surface area contributed by atoms with E-state index in [4.69, 9.17) is 4.98 Å². The molecular formula is C24H21N3O. The highest BCUT2D eigenvalue weighted by Crippen LogP contribution is 2.17. The van der Waals surface area contributed by atoms with Crippen molar-refractivity contribution >= 4 is 28.7 Å². The Balaban J connectivity index is 1.84. The quantitative estimate of drug-likeness (QED) is 0.528. The molecule has 0 saturated carbocycles. The maximum Gasteiger partial charge on any atom is 0.266 e. The van der Waals surface area contributed by atoms with Crippen molar-refractivity contribution in [1.29, 1.82) is 0 Å². The smallest absolute Gasteiger partial charge is 0.266 e. The van der Waals surface area contributed by atoms with E-state index in [0.717, 1.165) is 16.9 Å². The van der Waals surface area contributed by atoms with Crippen LogP contribution in [0.1, 0.15) is 11.4 Å². The first-order chi connectivity index (χ1) is 13.6. The topological polar surface area (TPSA) is 38.1 Å². The van der Waals surface area contributed by atoms with Crippen molar-refractivity contribution in [3.63, 3.8) is 0 Å². The van der Waals surface area contributed by atoms with E-state index in [-0.39, 0.29) is 5.56 Å². The molecule has 0 amide bonds. The largest absolute Gasteiger partial charge is 0.378 e. The molecule has 0 N–H and O–H groups in total. The average molecular weight is 367 g/mol. The summed E-state index contributed by atoms with van der Waals surface area (Å²) in [4.78, 5) is 20.0. The summed E-state index contributed by atoms with van der Waals surface area (Å²) < 4.78 is 1.66. The number of aromatic nitrogens is 2. The fourth-order valence-corrected chi connectivity index (χ4v) is 3.14. The molecule has 0 bridgehead atoms. The SMILES string of the molecule is CN(C)c1ccc(C=Cc2nc3ccccc3c(=O)n2-c2ccccc2)cc1. The van der Waals surface area contributed by atoms with E-state index in [9.17, 15) is 4.79 Å². The second-order valence-corrected chi connectivity index (χ2v) is 6.78. The van der Waals surface area contributed by atoms with Gasteiger partial charge >= 0.3 is 0 Å². The Morgan fingerprint density at radius 3 is 2.21 bits per heavy atom. The molecule has 1 heterocycles. The van der Waals surface area contributed by atoms with Crippen LogP contribution in [-0.4, -0.2) is 23.6 Å². The molecule has 0 unspecified atom stereocenters. The number of rotatable bonds is 4. The zero-order chi connectivity index (χ0) is 19.5. The van der Waals surface area contributed by atoms with Crippen molar-refractivity contribution < 1.29 is 0 Å². The normalized spacial score (nSPS) is 11.2. The second-order valence-electron chi connectivity index (χ2n) is 6.78. The molecule has 3 aromatic carbocycles. The minimum Gasteiger partial charge on any atom is -0.378 e. The molecule has 4 nitrogen and oxygen atoms in total. The molecule has 1 aromatic heterocycles. The maximum atomic E-state index is 13.2. The minimum absolute atomic E-state index is 0.0700. The Kier molecular flexibility index (Phi) is 4.77. The van der Waals surface area contributed by atoms with Gasteiger partial charge in [-0.15, -0.1) is 0 Å². The lowest BCUT2D eigenvalue weighted by Gasteiger charge is -2.12. The minimum atomic E-state index is -0.0700. The van der Waals surface area contributed by atoms with Crippen molar-refractivity contribution in [3.8, 4) is 5.69 Å². The van der Waals surface area contributed by atoms with Gasteiger partial charge < -0.3 is 4.90 Å². The molecule has 28 heavy (non-hydrogen) atoms. The molecule has 0 saturated heterocycles. The molecule has 0 aliphatic heterocycles. The van der Waals surface area contributed by atoms with E-state index in [1.54, 1.807) is 4.57 Å². The van der Waals surface area contributed by atoms with Crippen LogP contribution in [0.15, 0.2) is 83.7 Å². The molecule has 0 spiro atoms. The fraction of sp³-hybridized carbons (Fsp3) is 0.0833. The van der Waals surface area contributed by atoms with Crippen LogP contribution in [-0.2, 0) is 0 Å². The third kappa shape index (κ3) is 3.45. The van der Waals surface area contributed by atoms with Crippen LogP contribution in [0.5, 0.6) is 0 Å². The molecule has 4 rings (SSSR count). The van der Waals surface area contributed by atoms with Gasteiger partial charge in [0.25, 0.3) is 5.56 Å². The summed E-state index contributed by atoms with van der Waals surface area (Å²) in [6.45, 7) is 0. The van der Waals surface area contributed by atoms with Crippen LogP contribution in [0.4, 0.5) is 5.69 Å². The molecule has 4 heteroatoms. The molecule has 0 fully saturated rings. The van der Waals surface area contributed by atoms with E-state index in [2.05, 4.69) is 29.2 Å². The lowest BCUT2D eigenvalue weighted by Crippen LogP contribution is -2.22. The highest BCUT2D eigenvalue weighted by atomic mass is 16.1. The van der Waals surface area contributed by atoms with Crippen LogP contribution < -0.4 is 10.5 Å². The van der Waals surface area contributed by atoms with Gasteiger partial charge in [-0.3, -0.25) is 9.36 Å². The Morgan fingerprint density at radius 2 is 1.50 bits per heavy atom. The van der Waals surface area contributed by atoms with Crippen LogP contribution in [0, 0.1) is 0 Å². The number of para-hydroxylation sites is 2. The zero-order valence-corrected chi connectivity index (χ0v) is 15.9. The van der Waals surface area contributed by atoms with Crippen molar-refractivity contribution in [3.05, 3.63) is 101 Å². The monoisotopic (exact) mass is 367 g/mol. The van der Waals surface area contributed by atoms with Crippen molar-refractivity contribution in [2.24, 2.45) is 0 Å². The number of hydrogen-bond donors (Lipinski definition) is 0. The Bertz CT molecular complexity index is 1190. The summed E-state index contributed by atoms with van der Waals surface area (Å²) in [6.07, 6.45) is 3.88. The predicted octanol–water partition coefficient (Wildman–Crippen LogP) is 4.62. The Labute approximate surface area is 164 Å². The molecule has 0 atom stereocenters. The summed E-state index contributed by atoms with van der Waals surface area (Å²) in [5.41, 5.74) is 3.62. The molecule has 0 aliphatic carbocycles. The molecule has 4 aromatic rings. The first kappa shape index (κ1) is 17.7. The summed E-state index contributed by atoms with van der Waals surface area (Å²) in [6, 6.07) is 25.3. The maximum absolute atomic E-state index is 13.2. The number of anilines is 1. The fourth-order valence-electron chi connectivity index (χ4n) is 3.14. The first-order valence-corrected chi connectivity index (χ1v) is 9.16. The van der Waals surface area contributed by atoms with E-state index in [1.165, 1.54) is 0 Å². The highest BCUT2D eigenvalue weighted by molar-refractivity contribution is 5.80. The van der Waals surface area contributed by atoms with E-state index >= 15 is 0 Å². The molecule has 0 radical (unpaired) electrons. The van der Waals surface area contributed by atoms with Gasteiger partial charge in [-0.05, 0) is 48.0 Å². The van der Waals surface area contributed by atoms with Gasteiger partial charge in [-0.25, -0.2) is 4.98 Å². The zero-order valence-electron chi connectivity index (χ0n) is 15.9. The van der Waals surface area contributed by atoms with Gasteiger partial charge in [-0.2, -0.15) is 0 Å². The summed E-state index contributed by atoms with van der Waals surface area (Å²) >= 11 is 0. The Hall–Kier alpha value is -3.66. The Morgan fingerprint density at radius 1 is 0.821 bits per heavy atom. The number of fused-ring (bicyclic) bond motifs is 1. The van der Waals surface area contributed by atoms with Crippen LogP contribution in [0.3, 0.4) is 0 Å². The average Bonchev–Trinajstić information content (AvgIpc) is 2.73. The van der Waals surface area contributed by atoms with Crippen molar-refractivity contribution in [2.45, 2.75) is 0 Å². The lowest BCUT2D eigenvalue weighted by molar-refractivity contribution is 0.944. The van der Waals surface area contributed by atoms with Crippen LogP contribution >= 0.6 is 0 Å². The third-order valence-corrected chi connectivity index (χ3v) is 4.65. The second kappa shape index (κ2) is 7.53. The molecule has 0 aliphatic rings. The van der Waals surface area contributed by atoms with E-state index in [0.29, 0.717) is 16.7 Å². The van der Waals surface area contributed by atoms with Gasteiger partial charge in [0.05, 0.1) is 16.6 Å². The summed E-state index contributed by atoms with van der Waals surface area (Å²) in [5, 5.41) is 0.610. The van der Waals surface area contributed by atoms with Gasteiger partial charge in [-0.1, -0.05) is 48.5 Å². The van der Waals surface area contributed by atoms with Gasteiger partial charge in [0.1, 0.15) is 5.82 Å². The predicted molar refractivity (Wildman–Crippen MR) is 117 cm³/mol. The summed E-state index contributed by atoms with van der Waals surface area (Å²) in [7, 11) is 4.03. The highest BCUT2D eigenvalue weighted by Gasteiger charge is 2.10. The summed E-state index contributed by atoms with van der Waals surface area (Å²) in [5.74, 6) is 0.603. The number of benzene rings is 3. The van der Waals surface area contributed by atoms with Crippen LogP contribution in [0.2, 0.25) is 0 Å². The van der Waals surface area contributed by atoms with Crippen molar-refractivity contribution in [2.75, 3.05) is 19.0 Å². The van der Waals surface area contributed by atoms with E-state index in [1.807, 2.05) is 80.8 Å². The first-order valence-electron chi connectivity index (χ1n) is 9.16. The van der Waals surface area contributed by atoms with Gasteiger partial charge in [0, 0.05) is 19.8 Å². The van der Waals surface area contributed by atoms with Crippen molar-refractivity contribution in [1.82, 2.24) is 9.55 Å².